The Kier molecular flexibility index (Phi) is 6.39. The maximum atomic E-state index is 2.63. The number of hydrogen-bond acceptors (Lipinski definition) is 1. The van der Waals surface area contributed by atoms with E-state index in [2.05, 4.69) is 207 Å². The van der Waals surface area contributed by atoms with Crippen LogP contribution in [0.25, 0.3) is 60.5 Å². The highest BCUT2D eigenvalue weighted by Crippen LogP contribution is 2.56. The third kappa shape index (κ3) is 4.28. The fraction of sp³-hybridized carbons (Fsp3) is 0.115. The first-order chi connectivity index (χ1) is 26.3. The van der Waals surface area contributed by atoms with E-state index in [1.165, 1.54) is 82.8 Å². The largest absolute Gasteiger partial charge is 0.311 e. The maximum absolute atomic E-state index is 2.63. The number of benzene rings is 8. The summed E-state index contributed by atoms with van der Waals surface area (Å²) in [6.45, 7) is 9.69. The fourth-order valence-electron chi connectivity index (χ4n) is 9.64. The summed E-state index contributed by atoms with van der Waals surface area (Å²) in [5, 5.41) is 5.19. The van der Waals surface area contributed by atoms with Crippen LogP contribution in [-0.2, 0) is 10.8 Å². The molecule has 2 heteroatoms. The summed E-state index contributed by atoms with van der Waals surface area (Å²) in [5.74, 6) is 0. The zero-order valence-corrected chi connectivity index (χ0v) is 31.1. The minimum atomic E-state index is -0.184. The summed E-state index contributed by atoms with van der Waals surface area (Å²) in [7, 11) is 0. The summed E-state index contributed by atoms with van der Waals surface area (Å²) in [6, 6.07) is 62.9. The van der Waals surface area contributed by atoms with Gasteiger partial charge >= 0.3 is 0 Å². The number of rotatable bonds is 5. The van der Waals surface area contributed by atoms with E-state index in [9.17, 15) is 0 Å². The van der Waals surface area contributed by atoms with Crippen molar-refractivity contribution in [1.29, 1.82) is 0 Å². The van der Waals surface area contributed by atoms with Gasteiger partial charge in [-0.25, -0.2) is 0 Å². The molecule has 0 saturated carbocycles. The molecule has 8 aromatic carbocycles. The average Bonchev–Trinajstić information content (AvgIpc) is 3.54. The zero-order valence-electron chi connectivity index (χ0n) is 31.1. The molecule has 0 spiro atoms. The van der Waals surface area contributed by atoms with Gasteiger partial charge in [0.25, 0.3) is 0 Å². The fourth-order valence-corrected chi connectivity index (χ4v) is 9.64. The van der Waals surface area contributed by atoms with Gasteiger partial charge in [0.15, 0.2) is 0 Å². The van der Waals surface area contributed by atoms with E-state index in [-0.39, 0.29) is 10.8 Å². The molecular formula is C52H40N2. The van der Waals surface area contributed by atoms with Crippen LogP contribution in [0.3, 0.4) is 0 Å². The number of fused-ring (bicyclic) bond motifs is 2. The predicted octanol–water partition coefficient (Wildman–Crippen LogP) is 14.0. The van der Waals surface area contributed by atoms with E-state index in [1.54, 1.807) is 0 Å². The highest BCUT2D eigenvalue weighted by atomic mass is 15.1. The van der Waals surface area contributed by atoms with Gasteiger partial charge in [0.05, 0.1) is 16.7 Å². The quantitative estimate of drug-likeness (QED) is 0.174. The van der Waals surface area contributed by atoms with Crippen LogP contribution in [0.2, 0.25) is 0 Å². The van der Waals surface area contributed by atoms with Crippen LogP contribution >= 0.6 is 0 Å². The van der Waals surface area contributed by atoms with E-state index >= 15 is 0 Å². The van der Waals surface area contributed by atoms with Crippen LogP contribution in [-0.4, -0.2) is 4.57 Å². The van der Waals surface area contributed by atoms with Crippen molar-refractivity contribution in [3.05, 3.63) is 192 Å². The molecule has 0 unspecified atom stereocenters. The topological polar surface area (TPSA) is 8.17 Å². The molecule has 9 aromatic rings. The summed E-state index contributed by atoms with van der Waals surface area (Å²) in [5.41, 5.74) is 17.7. The van der Waals surface area contributed by atoms with Crippen LogP contribution in [0, 0.1) is 0 Å². The molecule has 258 valence electrons. The van der Waals surface area contributed by atoms with E-state index in [1.807, 2.05) is 0 Å². The van der Waals surface area contributed by atoms with Gasteiger partial charge in [-0.05, 0) is 122 Å². The molecule has 2 aliphatic heterocycles. The third-order valence-electron chi connectivity index (χ3n) is 12.5. The lowest BCUT2D eigenvalue weighted by molar-refractivity contribution is 0.594. The van der Waals surface area contributed by atoms with E-state index in [0.717, 1.165) is 17.1 Å². The van der Waals surface area contributed by atoms with Crippen molar-refractivity contribution in [3.8, 4) is 27.9 Å². The van der Waals surface area contributed by atoms with Crippen molar-refractivity contribution in [2.45, 2.75) is 38.5 Å². The first-order valence-corrected chi connectivity index (χ1v) is 19.1. The van der Waals surface area contributed by atoms with Crippen molar-refractivity contribution < 1.29 is 0 Å². The second-order valence-electron chi connectivity index (χ2n) is 16.2. The third-order valence-corrected chi connectivity index (χ3v) is 12.5. The second-order valence-corrected chi connectivity index (χ2v) is 16.2. The van der Waals surface area contributed by atoms with Gasteiger partial charge in [0.1, 0.15) is 0 Å². The lowest BCUT2D eigenvalue weighted by Crippen LogP contribution is -2.33. The molecular weight excluding hydrogens is 653 g/mol. The number of para-hydroxylation sites is 3. The molecule has 0 aliphatic carbocycles. The Balaban J connectivity index is 1.16. The van der Waals surface area contributed by atoms with Gasteiger partial charge in [-0.2, -0.15) is 0 Å². The number of nitrogens with zero attached hydrogens (tertiary/aromatic N) is 2. The Hall–Kier alpha value is -6.38. The number of anilines is 3. The molecule has 0 bridgehead atoms. The Morgan fingerprint density at radius 3 is 1.43 bits per heavy atom. The van der Waals surface area contributed by atoms with Crippen LogP contribution in [0.5, 0.6) is 0 Å². The summed E-state index contributed by atoms with van der Waals surface area (Å²) in [6.07, 6.45) is 0. The first kappa shape index (κ1) is 31.2. The first-order valence-electron chi connectivity index (χ1n) is 19.1. The van der Waals surface area contributed by atoms with Gasteiger partial charge < -0.3 is 9.47 Å². The summed E-state index contributed by atoms with van der Waals surface area (Å²) < 4.78 is 2.63. The average molecular weight is 693 g/mol. The normalized spacial score (nSPS) is 14.6. The van der Waals surface area contributed by atoms with Gasteiger partial charge in [-0.15, -0.1) is 0 Å². The van der Waals surface area contributed by atoms with E-state index in [0.29, 0.717) is 0 Å². The van der Waals surface area contributed by atoms with Crippen molar-refractivity contribution in [1.82, 2.24) is 4.57 Å². The van der Waals surface area contributed by atoms with Crippen LogP contribution in [0.4, 0.5) is 17.1 Å². The Morgan fingerprint density at radius 1 is 0.370 bits per heavy atom. The smallest absolute Gasteiger partial charge is 0.0582 e. The van der Waals surface area contributed by atoms with Gasteiger partial charge in [0.2, 0.25) is 0 Å². The SMILES string of the molecule is CC1(C)c2cccc3c2-n2c4c1cc(-c1ccc(N(c5ccccc5)c5ccccc5)cc1)cc4c1cc(-c4ccc5ccccc5c4)cc(c12)C3(C)C. The van der Waals surface area contributed by atoms with Crippen molar-refractivity contribution in [3.63, 3.8) is 0 Å². The van der Waals surface area contributed by atoms with Crippen LogP contribution in [0.15, 0.2) is 170 Å². The highest BCUT2D eigenvalue weighted by Gasteiger charge is 2.43. The monoisotopic (exact) mass is 692 g/mol. The molecule has 54 heavy (non-hydrogen) atoms. The molecule has 2 nitrogen and oxygen atoms in total. The molecule has 11 rings (SSSR count). The Labute approximate surface area is 316 Å². The molecule has 2 aliphatic rings. The van der Waals surface area contributed by atoms with Crippen molar-refractivity contribution in [2.24, 2.45) is 0 Å². The molecule has 0 atom stereocenters. The Morgan fingerprint density at radius 2 is 0.852 bits per heavy atom. The molecule has 3 heterocycles. The minimum absolute atomic E-state index is 0.170. The Bertz CT molecular complexity index is 2930. The second kappa shape index (κ2) is 11.1. The molecule has 0 radical (unpaired) electrons. The molecule has 0 N–H and O–H groups in total. The van der Waals surface area contributed by atoms with Crippen molar-refractivity contribution >= 4 is 49.6 Å². The van der Waals surface area contributed by atoms with Crippen molar-refractivity contribution in [2.75, 3.05) is 4.90 Å². The van der Waals surface area contributed by atoms with Gasteiger partial charge in [-0.3, -0.25) is 0 Å². The summed E-state index contributed by atoms with van der Waals surface area (Å²) >= 11 is 0. The summed E-state index contributed by atoms with van der Waals surface area (Å²) in [4.78, 5) is 2.33. The number of hydrogen-bond donors (Lipinski definition) is 0. The van der Waals surface area contributed by atoms with E-state index < -0.39 is 0 Å². The standard InChI is InChI=1S/C52H40N2/c1-51(2)44-20-13-21-45-50(44)54-48-42(43-30-38(32-47(49(43)54)52(45,3)4)36-23-22-33-14-11-12-15-35(33)28-36)29-37(31-46(48)51)34-24-26-41(27-25-34)53(39-16-7-5-8-17-39)40-18-9-6-10-19-40/h5-32H,1-4H3. The van der Waals surface area contributed by atoms with Crippen LogP contribution in [0.1, 0.15) is 49.9 Å². The minimum Gasteiger partial charge on any atom is -0.311 e. The lowest BCUT2D eigenvalue weighted by atomic mass is 9.68. The number of aromatic nitrogens is 1. The maximum Gasteiger partial charge on any atom is 0.0582 e. The highest BCUT2D eigenvalue weighted by molar-refractivity contribution is 6.16. The van der Waals surface area contributed by atoms with E-state index in [4.69, 9.17) is 0 Å². The zero-order chi connectivity index (χ0) is 36.3. The van der Waals surface area contributed by atoms with Gasteiger partial charge in [-0.1, -0.05) is 131 Å². The van der Waals surface area contributed by atoms with Gasteiger partial charge in [0, 0.05) is 38.7 Å². The molecule has 1 aromatic heterocycles. The lowest BCUT2D eigenvalue weighted by Gasteiger charge is -2.42. The molecule has 0 fully saturated rings. The van der Waals surface area contributed by atoms with Crippen LogP contribution < -0.4 is 4.90 Å². The predicted molar refractivity (Wildman–Crippen MR) is 228 cm³/mol. The molecule has 0 amide bonds. The molecule has 0 saturated heterocycles.